The van der Waals surface area contributed by atoms with Crippen LogP contribution in [0.25, 0.3) is 11.1 Å². The van der Waals surface area contributed by atoms with E-state index in [0.29, 0.717) is 5.56 Å². The summed E-state index contributed by atoms with van der Waals surface area (Å²) >= 11 is 0. The maximum atomic E-state index is 12.8. The highest BCUT2D eigenvalue weighted by atomic mass is 32.2. The van der Waals surface area contributed by atoms with Crippen LogP contribution in [0.2, 0.25) is 0 Å². The first kappa shape index (κ1) is 18.2. The van der Waals surface area contributed by atoms with Gasteiger partial charge in [-0.1, -0.05) is 18.2 Å². The summed E-state index contributed by atoms with van der Waals surface area (Å²) in [7, 11) is -3.27. The van der Waals surface area contributed by atoms with E-state index in [2.05, 4.69) is 4.98 Å². The predicted octanol–water partition coefficient (Wildman–Crippen LogP) is 4.99. The van der Waals surface area contributed by atoms with Gasteiger partial charge in [-0.25, -0.2) is 8.42 Å². The Morgan fingerprint density at radius 3 is 1.93 bits per heavy atom. The van der Waals surface area contributed by atoms with Gasteiger partial charge < -0.3 is 0 Å². The topological polar surface area (TPSA) is 47.0 Å². The molecule has 27 heavy (non-hydrogen) atoms. The van der Waals surface area contributed by atoms with Gasteiger partial charge in [-0.3, -0.25) is 4.98 Å². The molecule has 2 aromatic rings. The quantitative estimate of drug-likeness (QED) is 0.738. The van der Waals surface area contributed by atoms with Crippen LogP contribution >= 0.6 is 0 Å². The Hall–Kier alpha value is -2.15. The lowest BCUT2D eigenvalue weighted by molar-refractivity contribution is -0.141. The lowest BCUT2D eigenvalue weighted by Crippen LogP contribution is -2.07. The second-order valence-corrected chi connectivity index (χ2v) is 9.55. The van der Waals surface area contributed by atoms with Crippen molar-refractivity contribution in [2.45, 2.75) is 36.8 Å². The first-order valence-corrected chi connectivity index (χ1v) is 10.5. The molecule has 1 aromatic carbocycles. The van der Waals surface area contributed by atoms with Gasteiger partial charge in [-0.15, -0.1) is 0 Å². The van der Waals surface area contributed by atoms with Gasteiger partial charge in [0.1, 0.15) is 5.69 Å². The Morgan fingerprint density at radius 1 is 0.926 bits per heavy atom. The number of rotatable bonds is 3. The second kappa shape index (κ2) is 5.92. The van der Waals surface area contributed by atoms with Crippen LogP contribution in [0.15, 0.2) is 47.5 Å². The molecule has 1 saturated carbocycles. The van der Waals surface area contributed by atoms with Crippen molar-refractivity contribution in [3.63, 3.8) is 0 Å². The van der Waals surface area contributed by atoms with Crippen LogP contribution in [0, 0.1) is 5.41 Å². The normalized spacial score (nSPS) is 19.0. The van der Waals surface area contributed by atoms with Crippen molar-refractivity contribution in [1.29, 1.82) is 0 Å². The molecule has 0 unspecified atom stereocenters. The summed E-state index contributed by atoms with van der Waals surface area (Å²) in [4.78, 5) is 3.85. The number of sulfone groups is 1. The first-order valence-electron chi connectivity index (χ1n) is 8.64. The number of halogens is 3. The van der Waals surface area contributed by atoms with E-state index >= 15 is 0 Å². The summed E-state index contributed by atoms with van der Waals surface area (Å²) in [6.07, 6.45) is 1.90. The summed E-state index contributed by atoms with van der Waals surface area (Å²) < 4.78 is 61.7. The number of pyridine rings is 1. The molecule has 0 bridgehead atoms. The lowest BCUT2D eigenvalue weighted by atomic mass is 9.98. The van der Waals surface area contributed by atoms with Crippen LogP contribution in [0.1, 0.15) is 42.5 Å². The minimum atomic E-state index is -4.45. The molecule has 2 aliphatic carbocycles. The maximum absolute atomic E-state index is 12.8. The molecule has 0 aliphatic heterocycles. The van der Waals surface area contributed by atoms with Crippen molar-refractivity contribution in [3.05, 3.63) is 59.4 Å². The zero-order valence-corrected chi connectivity index (χ0v) is 15.5. The van der Waals surface area contributed by atoms with E-state index in [4.69, 9.17) is 0 Å². The fraction of sp³-hybridized carbons (Fsp3) is 0.350. The van der Waals surface area contributed by atoms with Gasteiger partial charge in [0.25, 0.3) is 0 Å². The molecule has 0 saturated heterocycles. The molecule has 3 nitrogen and oxygen atoms in total. The van der Waals surface area contributed by atoms with Crippen molar-refractivity contribution < 1.29 is 21.6 Å². The Labute approximate surface area is 155 Å². The minimum absolute atomic E-state index is 0.211. The molecule has 0 atom stereocenters. The van der Waals surface area contributed by atoms with Gasteiger partial charge in [0.15, 0.2) is 9.84 Å². The van der Waals surface area contributed by atoms with E-state index in [-0.39, 0.29) is 10.3 Å². The molecular formula is C20H18F3NO2S. The zero-order valence-electron chi connectivity index (χ0n) is 14.7. The number of hydrogen-bond acceptors (Lipinski definition) is 3. The average Bonchev–Trinajstić information content (AvgIpc) is 3.24. The van der Waals surface area contributed by atoms with Crippen LogP contribution in [0.4, 0.5) is 13.2 Å². The van der Waals surface area contributed by atoms with E-state index in [1.165, 1.54) is 12.3 Å². The molecule has 0 N–H and O–H groups in total. The second-order valence-electron chi connectivity index (χ2n) is 7.54. The first-order chi connectivity index (χ1) is 12.6. The molecule has 1 aromatic heterocycles. The van der Waals surface area contributed by atoms with Crippen molar-refractivity contribution in [1.82, 2.24) is 4.98 Å². The molecule has 1 fully saturated rings. The SMILES string of the molecule is CS(=O)(=O)c1ccc(C2=C(c3ccc(C(F)(F)F)nc3)CC3(CC3)C2)cc1. The van der Waals surface area contributed by atoms with Crippen LogP contribution in [0.3, 0.4) is 0 Å². The lowest BCUT2D eigenvalue weighted by Gasteiger charge is -2.10. The summed E-state index contributed by atoms with van der Waals surface area (Å²) in [6.45, 7) is 0. The number of benzene rings is 1. The Kier molecular flexibility index (Phi) is 4.00. The molecule has 0 radical (unpaired) electrons. The van der Waals surface area contributed by atoms with Gasteiger partial charge in [0, 0.05) is 12.5 Å². The molecule has 7 heteroatoms. The Bertz CT molecular complexity index is 1020. The van der Waals surface area contributed by atoms with E-state index in [1.807, 2.05) is 0 Å². The molecule has 4 rings (SSSR count). The average molecular weight is 393 g/mol. The third kappa shape index (κ3) is 3.52. The van der Waals surface area contributed by atoms with Gasteiger partial charge in [0.05, 0.1) is 4.90 Å². The highest BCUT2D eigenvalue weighted by Crippen LogP contribution is 2.63. The van der Waals surface area contributed by atoms with Crippen LogP contribution in [-0.2, 0) is 16.0 Å². The zero-order chi connectivity index (χ0) is 19.4. The van der Waals surface area contributed by atoms with Crippen molar-refractivity contribution in [2.75, 3.05) is 6.26 Å². The largest absolute Gasteiger partial charge is 0.433 e. The predicted molar refractivity (Wildman–Crippen MR) is 96.5 cm³/mol. The number of aromatic nitrogens is 1. The van der Waals surface area contributed by atoms with Crippen LogP contribution in [0.5, 0.6) is 0 Å². The molecule has 142 valence electrons. The number of nitrogens with zero attached hydrogens (tertiary/aromatic N) is 1. The third-order valence-corrected chi connectivity index (χ3v) is 6.59. The van der Waals surface area contributed by atoms with Crippen LogP contribution < -0.4 is 0 Å². The monoisotopic (exact) mass is 393 g/mol. The van der Waals surface area contributed by atoms with Gasteiger partial charge in [0.2, 0.25) is 0 Å². The highest BCUT2D eigenvalue weighted by molar-refractivity contribution is 7.90. The maximum Gasteiger partial charge on any atom is 0.433 e. The van der Waals surface area contributed by atoms with Crippen molar-refractivity contribution in [2.24, 2.45) is 5.41 Å². The van der Waals surface area contributed by atoms with Crippen LogP contribution in [-0.4, -0.2) is 19.7 Å². The highest BCUT2D eigenvalue weighted by Gasteiger charge is 2.48. The van der Waals surface area contributed by atoms with Gasteiger partial charge >= 0.3 is 6.18 Å². The number of allylic oxidation sites excluding steroid dienone is 2. The Balaban J connectivity index is 1.74. The van der Waals surface area contributed by atoms with E-state index in [9.17, 15) is 21.6 Å². The number of alkyl halides is 3. The van der Waals surface area contributed by atoms with Gasteiger partial charge in [-0.2, -0.15) is 13.2 Å². The smallest absolute Gasteiger partial charge is 0.251 e. The summed E-state index contributed by atoms with van der Waals surface area (Å²) in [5.74, 6) is 0. The van der Waals surface area contributed by atoms with E-state index in [1.54, 1.807) is 24.3 Å². The molecule has 0 amide bonds. The summed E-state index contributed by atoms with van der Waals surface area (Å²) in [5.41, 5.74) is 3.03. The number of hydrogen-bond donors (Lipinski definition) is 0. The van der Waals surface area contributed by atoms with Gasteiger partial charge in [-0.05, 0) is 71.6 Å². The van der Waals surface area contributed by atoms with Crippen molar-refractivity contribution >= 4 is 21.0 Å². The minimum Gasteiger partial charge on any atom is -0.251 e. The fourth-order valence-electron chi connectivity index (χ4n) is 3.75. The third-order valence-electron chi connectivity index (χ3n) is 5.46. The standard InChI is InChI=1S/C20H18F3NO2S/c1-27(25,26)15-5-2-13(3-6-15)16-10-19(8-9-19)11-17(16)14-4-7-18(24-12-14)20(21,22)23/h2-7,12H,8-11H2,1H3. The van der Waals surface area contributed by atoms with Crippen molar-refractivity contribution in [3.8, 4) is 0 Å². The van der Waals surface area contributed by atoms with E-state index in [0.717, 1.165) is 54.7 Å². The Morgan fingerprint density at radius 2 is 1.48 bits per heavy atom. The summed E-state index contributed by atoms with van der Waals surface area (Å²) in [6, 6.07) is 9.23. The van der Waals surface area contributed by atoms with E-state index < -0.39 is 21.7 Å². The fourth-order valence-corrected chi connectivity index (χ4v) is 4.38. The molecule has 1 heterocycles. The molecule has 2 aliphatic rings. The summed E-state index contributed by atoms with van der Waals surface area (Å²) in [5, 5.41) is 0. The molecule has 1 spiro atoms. The molecular weight excluding hydrogens is 375 g/mol.